The molecule has 3 aromatic rings. The van der Waals surface area contributed by atoms with E-state index in [1.165, 1.54) is 6.20 Å². The molecule has 0 bridgehead atoms. The number of carboxylic acids is 1. The third kappa shape index (κ3) is 5.72. The van der Waals surface area contributed by atoms with Crippen LogP contribution < -0.4 is 10.6 Å². The Morgan fingerprint density at radius 3 is 2.62 bits per heavy atom. The lowest BCUT2D eigenvalue weighted by Gasteiger charge is -2.19. The number of anilines is 2. The van der Waals surface area contributed by atoms with Crippen LogP contribution in [0.2, 0.25) is 10.0 Å². The van der Waals surface area contributed by atoms with Crippen LogP contribution in [0.3, 0.4) is 0 Å². The van der Waals surface area contributed by atoms with Crippen LogP contribution in [-0.2, 0) is 16.1 Å². The van der Waals surface area contributed by atoms with Gasteiger partial charge in [-0.3, -0.25) is 4.79 Å². The van der Waals surface area contributed by atoms with Crippen molar-refractivity contribution in [3.63, 3.8) is 0 Å². The van der Waals surface area contributed by atoms with Gasteiger partial charge in [0.25, 0.3) is 0 Å². The van der Waals surface area contributed by atoms with Crippen LogP contribution >= 0.6 is 39.1 Å². The van der Waals surface area contributed by atoms with E-state index in [1.54, 1.807) is 49.6 Å². The molecule has 0 saturated heterocycles. The minimum absolute atomic E-state index is 0.00821. The SMILES string of the molecule is CC(C)(C)OC(=O)CNCc1cnc2c(Cl)c(Nc3ccc(Br)cc3Cl)c(C(=O)O)cn12. The third-order valence-electron chi connectivity index (χ3n) is 4.23. The van der Waals surface area contributed by atoms with E-state index in [4.69, 9.17) is 27.9 Å². The molecule has 3 N–H and O–H groups in total. The molecule has 0 spiro atoms. The molecular formula is C21H21BrCl2N4O4. The molecule has 0 fully saturated rings. The summed E-state index contributed by atoms with van der Waals surface area (Å²) in [5.74, 6) is -1.57. The Bertz CT molecular complexity index is 1190. The maximum atomic E-state index is 12.0. The highest BCUT2D eigenvalue weighted by atomic mass is 79.9. The van der Waals surface area contributed by atoms with E-state index in [0.29, 0.717) is 22.1 Å². The van der Waals surface area contributed by atoms with Crippen molar-refractivity contribution in [3.05, 3.63) is 56.4 Å². The third-order valence-corrected chi connectivity index (χ3v) is 5.40. The monoisotopic (exact) mass is 542 g/mol. The van der Waals surface area contributed by atoms with Crippen molar-refractivity contribution >= 4 is 68.1 Å². The number of esters is 1. The largest absolute Gasteiger partial charge is 0.478 e. The number of benzene rings is 1. The van der Waals surface area contributed by atoms with E-state index >= 15 is 0 Å². The van der Waals surface area contributed by atoms with Crippen molar-refractivity contribution in [1.82, 2.24) is 14.7 Å². The molecule has 0 aliphatic carbocycles. The lowest BCUT2D eigenvalue weighted by molar-refractivity contribution is -0.153. The number of carbonyl (C=O) groups is 2. The molecule has 8 nitrogen and oxygen atoms in total. The molecule has 11 heteroatoms. The van der Waals surface area contributed by atoms with Gasteiger partial charge in [0.15, 0.2) is 5.65 Å². The summed E-state index contributed by atoms with van der Waals surface area (Å²) < 4.78 is 7.61. The molecule has 2 heterocycles. The fourth-order valence-electron chi connectivity index (χ4n) is 2.94. The van der Waals surface area contributed by atoms with Crippen molar-refractivity contribution in [2.45, 2.75) is 32.9 Å². The second-order valence-electron chi connectivity index (χ2n) is 7.92. The minimum atomic E-state index is -1.18. The van der Waals surface area contributed by atoms with Gasteiger partial charge in [0, 0.05) is 17.2 Å². The molecule has 0 amide bonds. The van der Waals surface area contributed by atoms with E-state index in [2.05, 4.69) is 31.5 Å². The number of halogens is 3. The van der Waals surface area contributed by atoms with E-state index in [1.807, 2.05) is 0 Å². The van der Waals surface area contributed by atoms with Gasteiger partial charge in [0.1, 0.15) is 16.2 Å². The zero-order valence-corrected chi connectivity index (χ0v) is 20.6. The topological polar surface area (TPSA) is 105 Å². The predicted octanol–water partition coefficient (Wildman–Crippen LogP) is 5.28. The highest BCUT2D eigenvalue weighted by Gasteiger charge is 2.21. The second kappa shape index (κ2) is 9.66. The molecular weight excluding hydrogens is 523 g/mol. The number of nitrogens with one attached hydrogen (secondary N) is 2. The zero-order valence-electron chi connectivity index (χ0n) is 17.5. The molecule has 0 atom stereocenters. The van der Waals surface area contributed by atoms with Crippen molar-refractivity contribution in [1.29, 1.82) is 0 Å². The summed E-state index contributed by atoms with van der Waals surface area (Å²) in [5, 5.41) is 16.3. The maximum absolute atomic E-state index is 12.0. The van der Waals surface area contributed by atoms with Gasteiger partial charge < -0.3 is 24.9 Å². The van der Waals surface area contributed by atoms with E-state index < -0.39 is 17.5 Å². The number of carboxylic acid groups (broad SMARTS) is 1. The van der Waals surface area contributed by atoms with Crippen LogP contribution in [0.4, 0.5) is 11.4 Å². The Balaban J connectivity index is 1.89. The smallest absolute Gasteiger partial charge is 0.339 e. The summed E-state index contributed by atoms with van der Waals surface area (Å²) in [6.45, 7) is 5.61. The maximum Gasteiger partial charge on any atom is 0.339 e. The molecule has 3 rings (SSSR count). The number of hydrogen-bond acceptors (Lipinski definition) is 6. The first-order valence-electron chi connectivity index (χ1n) is 9.52. The average Bonchev–Trinajstić information content (AvgIpc) is 3.07. The van der Waals surface area contributed by atoms with Gasteiger partial charge in [0.05, 0.1) is 34.8 Å². The summed E-state index contributed by atoms with van der Waals surface area (Å²) in [6.07, 6.45) is 2.99. The summed E-state index contributed by atoms with van der Waals surface area (Å²) in [7, 11) is 0. The fourth-order valence-corrected chi connectivity index (χ4v) is 3.95. The van der Waals surface area contributed by atoms with Crippen LogP contribution in [-0.4, -0.2) is 38.6 Å². The first-order chi connectivity index (χ1) is 15.0. The number of ether oxygens (including phenoxy) is 1. The number of hydrogen-bond donors (Lipinski definition) is 3. The van der Waals surface area contributed by atoms with Gasteiger partial charge in [-0.15, -0.1) is 0 Å². The Hall–Kier alpha value is -2.33. The van der Waals surface area contributed by atoms with Crippen LogP contribution in [0.1, 0.15) is 36.8 Å². The van der Waals surface area contributed by atoms with Crippen molar-refractivity contribution in [3.8, 4) is 0 Å². The molecule has 0 aliphatic rings. The standard InChI is InChI=1S/C21H21BrCl2N4O4/c1-21(2,3)32-16(29)9-25-7-12-8-26-19-17(24)18(13(20(30)31)10-28(12)19)27-15-5-4-11(22)6-14(15)23/h4-6,8,10,25,27H,7,9H2,1-3H3,(H,30,31). The number of pyridine rings is 1. The summed E-state index contributed by atoms with van der Waals surface area (Å²) in [6, 6.07) is 5.15. The van der Waals surface area contributed by atoms with Crippen LogP contribution in [0.5, 0.6) is 0 Å². The molecule has 0 unspecified atom stereocenters. The van der Waals surface area contributed by atoms with Gasteiger partial charge in [-0.25, -0.2) is 9.78 Å². The number of imidazole rings is 1. The number of aromatic carboxylic acids is 1. The molecule has 0 radical (unpaired) electrons. The van der Waals surface area contributed by atoms with Crippen LogP contribution in [0.15, 0.2) is 35.1 Å². The Morgan fingerprint density at radius 1 is 1.28 bits per heavy atom. The lowest BCUT2D eigenvalue weighted by Crippen LogP contribution is -2.31. The Labute approximate surface area is 203 Å². The van der Waals surface area contributed by atoms with Gasteiger partial charge in [0.2, 0.25) is 0 Å². The number of nitrogens with zero attached hydrogens (tertiary/aromatic N) is 2. The first kappa shape index (κ1) is 24.3. The van der Waals surface area contributed by atoms with E-state index in [9.17, 15) is 14.7 Å². The van der Waals surface area contributed by atoms with Gasteiger partial charge in [-0.05, 0) is 39.0 Å². The molecule has 2 aromatic heterocycles. The molecule has 0 aliphatic heterocycles. The van der Waals surface area contributed by atoms with Crippen molar-refractivity contribution < 1.29 is 19.4 Å². The normalized spacial score (nSPS) is 11.6. The summed E-state index contributed by atoms with van der Waals surface area (Å²) in [4.78, 5) is 28.2. The highest BCUT2D eigenvalue weighted by Crippen LogP contribution is 2.36. The Kier molecular flexibility index (Phi) is 7.34. The second-order valence-corrected chi connectivity index (χ2v) is 9.62. The number of carbonyl (C=O) groups excluding carboxylic acids is 1. The van der Waals surface area contributed by atoms with Crippen molar-refractivity contribution in [2.75, 3.05) is 11.9 Å². The fraction of sp³-hybridized carbons (Fsp3) is 0.286. The lowest BCUT2D eigenvalue weighted by atomic mass is 10.2. The molecule has 32 heavy (non-hydrogen) atoms. The van der Waals surface area contributed by atoms with Gasteiger partial charge >= 0.3 is 11.9 Å². The van der Waals surface area contributed by atoms with Gasteiger partial charge in [-0.1, -0.05) is 39.1 Å². The Morgan fingerprint density at radius 2 is 2.00 bits per heavy atom. The zero-order chi connectivity index (χ0) is 23.6. The van der Waals surface area contributed by atoms with Gasteiger partial charge in [-0.2, -0.15) is 0 Å². The summed E-state index contributed by atoms with van der Waals surface area (Å²) >= 11 is 16.1. The predicted molar refractivity (Wildman–Crippen MR) is 127 cm³/mol. The number of rotatable bonds is 7. The first-order valence-corrected chi connectivity index (χ1v) is 11.1. The minimum Gasteiger partial charge on any atom is -0.478 e. The van der Waals surface area contributed by atoms with E-state index in [-0.39, 0.29) is 29.4 Å². The quantitative estimate of drug-likeness (QED) is 0.348. The molecule has 1 aromatic carbocycles. The molecule has 170 valence electrons. The highest BCUT2D eigenvalue weighted by molar-refractivity contribution is 9.10. The van der Waals surface area contributed by atoms with Crippen LogP contribution in [0.25, 0.3) is 5.65 Å². The van der Waals surface area contributed by atoms with Crippen molar-refractivity contribution in [2.24, 2.45) is 0 Å². The average molecular weight is 544 g/mol. The van der Waals surface area contributed by atoms with Crippen LogP contribution in [0, 0.1) is 0 Å². The summed E-state index contributed by atoms with van der Waals surface area (Å²) in [5.41, 5.74) is 1.02. The number of fused-ring (bicyclic) bond motifs is 1. The van der Waals surface area contributed by atoms with E-state index in [0.717, 1.165) is 4.47 Å². The number of aromatic nitrogens is 2. The molecule has 0 saturated carbocycles.